The van der Waals surface area contributed by atoms with Crippen LogP contribution >= 0.6 is 11.8 Å². The smallest absolute Gasteiger partial charge is 0.257 e. The lowest BCUT2D eigenvalue weighted by atomic mass is 10.1. The molecule has 0 saturated heterocycles. The van der Waals surface area contributed by atoms with Crippen LogP contribution in [0.4, 0.5) is 5.69 Å². The van der Waals surface area contributed by atoms with Crippen molar-refractivity contribution in [3.63, 3.8) is 0 Å². The van der Waals surface area contributed by atoms with Crippen molar-refractivity contribution in [3.05, 3.63) is 58.1 Å². The number of fused-ring (bicyclic) bond motifs is 2. The summed E-state index contributed by atoms with van der Waals surface area (Å²) in [7, 11) is 0. The summed E-state index contributed by atoms with van der Waals surface area (Å²) >= 11 is 1.44. The van der Waals surface area contributed by atoms with Gasteiger partial charge in [0.1, 0.15) is 0 Å². The van der Waals surface area contributed by atoms with Crippen LogP contribution in [0.5, 0.6) is 0 Å². The number of hydrogen-bond donors (Lipinski definition) is 1. The first-order valence-corrected chi connectivity index (χ1v) is 9.38. The Morgan fingerprint density at radius 3 is 2.96 bits per heavy atom. The van der Waals surface area contributed by atoms with Gasteiger partial charge in [-0.2, -0.15) is 0 Å². The number of nitrogens with zero attached hydrogens (tertiary/aromatic N) is 3. The quantitative estimate of drug-likeness (QED) is 0.706. The molecule has 0 spiro atoms. The molecule has 132 valence electrons. The van der Waals surface area contributed by atoms with E-state index < -0.39 is 0 Å². The standard InChI is InChI=1S/C19H18N4O2S/c1-11-8-20-19-23(18(11)25)9-13(10-26-19)17(24)22-16-7-12(2)21-15-6-4-3-5-14(15)16/h3-8,13H,9-10H2,1-2H3,(H,21,22,24). The first-order chi connectivity index (χ1) is 12.5. The highest BCUT2D eigenvalue weighted by atomic mass is 32.2. The number of para-hydroxylation sites is 1. The van der Waals surface area contributed by atoms with E-state index in [1.54, 1.807) is 17.7 Å². The maximum Gasteiger partial charge on any atom is 0.257 e. The zero-order valence-corrected chi connectivity index (χ0v) is 15.3. The van der Waals surface area contributed by atoms with Gasteiger partial charge in [0.25, 0.3) is 5.56 Å². The van der Waals surface area contributed by atoms with Crippen molar-refractivity contribution in [2.24, 2.45) is 5.92 Å². The van der Waals surface area contributed by atoms with Crippen LogP contribution in [-0.2, 0) is 11.3 Å². The number of carbonyl (C=O) groups excluding carboxylic acids is 1. The maximum atomic E-state index is 12.8. The largest absolute Gasteiger partial charge is 0.325 e. The van der Waals surface area contributed by atoms with Crippen molar-refractivity contribution in [2.45, 2.75) is 25.5 Å². The number of carbonyl (C=O) groups is 1. The zero-order valence-electron chi connectivity index (χ0n) is 14.5. The summed E-state index contributed by atoms with van der Waals surface area (Å²) in [5, 5.41) is 4.62. The molecular weight excluding hydrogens is 348 g/mol. The molecule has 26 heavy (non-hydrogen) atoms. The fraction of sp³-hybridized carbons (Fsp3) is 0.263. The predicted molar refractivity (Wildman–Crippen MR) is 103 cm³/mol. The summed E-state index contributed by atoms with van der Waals surface area (Å²) in [5.41, 5.74) is 2.96. The molecule has 1 aliphatic heterocycles. The Morgan fingerprint density at radius 1 is 1.31 bits per heavy atom. The van der Waals surface area contributed by atoms with E-state index in [0.717, 1.165) is 22.3 Å². The monoisotopic (exact) mass is 366 g/mol. The van der Waals surface area contributed by atoms with Crippen molar-refractivity contribution in [1.29, 1.82) is 0 Å². The molecule has 0 fully saturated rings. The molecule has 1 amide bonds. The van der Waals surface area contributed by atoms with Crippen LogP contribution in [-0.4, -0.2) is 26.2 Å². The van der Waals surface area contributed by atoms with E-state index in [1.165, 1.54) is 11.8 Å². The molecule has 1 atom stereocenters. The van der Waals surface area contributed by atoms with Crippen molar-refractivity contribution >= 4 is 34.3 Å². The number of aromatic nitrogens is 3. The minimum absolute atomic E-state index is 0.0785. The Morgan fingerprint density at radius 2 is 2.12 bits per heavy atom. The van der Waals surface area contributed by atoms with Crippen LogP contribution in [0.2, 0.25) is 0 Å². The van der Waals surface area contributed by atoms with E-state index in [1.807, 2.05) is 37.3 Å². The van der Waals surface area contributed by atoms with E-state index >= 15 is 0 Å². The molecule has 1 N–H and O–H groups in total. The number of hydrogen-bond acceptors (Lipinski definition) is 5. The first-order valence-electron chi connectivity index (χ1n) is 8.39. The number of pyridine rings is 1. The summed E-state index contributed by atoms with van der Waals surface area (Å²) < 4.78 is 1.60. The molecule has 6 nitrogen and oxygen atoms in total. The van der Waals surface area contributed by atoms with Crippen molar-refractivity contribution < 1.29 is 4.79 Å². The Bertz CT molecular complexity index is 1080. The molecule has 1 aromatic carbocycles. The summed E-state index contributed by atoms with van der Waals surface area (Å²) in [6.07, 6.45) is 1.59. The SMILES string of the molecule is Cc1cc(NC(=O)C2CSc3ncc(C)c(=O)n3C2)c2ccccc2n1. The van der Waals surface area contributed by atoms with Crippen LogP contribution in [0.25, 0.3) is 10.9 Å². The minimum Gasteiger partial charge on any atom is -0.325 e. The third-order valence-electron chi connectivity index (χ3n) is 4.47. The molecule has 3 aromatic rings. The lowest BCUT2D eigenvalue weighted by Crippen LogP contribution is -2.37. The molecule has 0 aliphatic carbocycles. The van der Waals surface area contributed by atoms with E-state index in [2.05, 4.69) is 15.3 Å². The van der Waals surface area contributed by atoms with Gasteiger partial charge in [-0.05, 0) is 26.0 Å². The highest BCUT2D eigenvalue weighted by Crippen LogP contribution is 2.28. The lowest BCUT2D eigenvalue weighted by molar-refractivity contribution is -0.119. The molecule has 1 aliphatic rings. The Kier molecular flexibility index (Phi) is 4.24. The molecular formula is C19H18N4O2S. The van der Waals surface area contributed by atoms with Gasteiger partial charge >= 0.3 is 0 Å². The lowest BCUT2D eigenvalue weighted by Gasteiger charge is -2.24. The average Bonchev–Trinajstić information content (AvgIpc) is 2.64. The van der Waals surface area contributed by atoms with E-state index in [0.29, 0.717) is 23.0 Å². The highest BCUT2D eigenvalue weighted by molar-refractivity contribution is 7.99. The Balaban J connectivity index is 1.62. The van der Waals surface area contributed by atoms with Crippen LogP contribution in [0.15, 0.2) is 46.5 Å². The van der Waals surface area contributed by atoms with Gasteiger partial charge in [-0.15, -0.1) is 0 Å². The summed E-state index contributed by atoms with van der Waals surface area (Å²) in [6, 6.07) is 9.60. The Labute approximate surface area is 154 Å². The van der Waals surface area contributed by atoms with Gasteiger partial charge < -0.3 is 5.32 Å². The van der Waals surface area contributed by atoms with Gasteiger partial charge in [0.15, 0.2) is 5.16 Å². The molecule has 4 rings (SSSR count). The van der Waals surface area contributed by atoms with E-state index in [4.69, 9.17) is 0 Å². The first kappa shape index (κ1) is 16.8. The van der Waals surface area contributed by atoms with Crippen LogP contribution in [0.1, 0.15) is 11.3 Å². The number of thioether (sulfide) groups is 1. The van der Waals surface area contributed by atoms with E-state index in [9.17, 15) is 9.59 Å². The molecule has 0 radical (unpaired) electrons. The normalized spacial score (nSPS) is 16.3. The molecule has 7 heteroatoms. The third kappa shape index (κ3) is 2.99. The fourth-order valence-corrected chi connectivity index (χ4v) is 4.15. The maximum absolute atomic E-state index is 12.8. The predicted octanol–water partition coefficient (Wildman–Crippen LogP) is 2.77. The van der Waals surface area contributed by atoms with Gasteiger partial charge in [-0.1, -0.05) is 30.0 Å². The van der Waals surface area contributed by atoms with Gasteiger partial charge in [0.2, 0.25) is 5.91 Å². The molecule has 0 saturated carbocycles. The Hall–Kier alpha value is -2.67. The summed E-state index contributed by atoms with van der Waals surface area (Å²) in [5.74, 6) is 0.219. The second-order valence-electron chi connectivity index (χ2n) is 6.47. The van der Waals surface area contributed by atoms with Gasteiger partial charge in [-0.3, -0.25) is 19.1 Å². The highest BCUT2D eigenvalue weighted by Gasteiger charge is 2.27. The van der Waals surface area contributed by atoms with E-state index in [-0.39, 0.29) is 17.4 Å². The number of amides is 1. The minimum atomic E-state index is -0.291. The third-order valence-corrected chi connectivity index (χ3v) is 5.62. The van der Waals surface area contributed by atoms with Crippen molar-refractivity contribution in [2.75, 3.05) is 11.1 Å². The van der Waals surface area contributed by atoms with Crippen molar-refractivity contribution in [3.8, 4) is 0 Å². The second kappa shape index (κ2) is 6.57. The molecule has 3 heterocycles. The molecule has 2 aromatic heterocycles. The topological polar surface area (TPSA) is 76.9 Å². The zero-order chi connectivity index (χ0) is 18.3. The number of nitrogens with one attached hydrogen (secondary N) is 1. The van der Waals surface area contributed by atoms with Gasteiger partial charge in [0.05, 0.1) is 17.1 Å². The van der Waals surface area contributed by atoms with Crippen molar-refractivity contribution in [1.82, 2.24) is 14.5 Å². The van der Waals surface area contributed by atoms with Crippen LogP contribution in [0, 0.1) is 19.8 Å². The number of anilines is 1. The molecule has 0 bridgehead atoms. The van der Waals surface area contributed by atoms with Crippen LogP contribution in [0.3, 0.4) is 0 Å². The number of rotatable bonds is 2. The average molecular weight is 366 g/mol. The number of aryl methyl sites for hydroxylation is 2. The fourth-order valence-electron chi connectivity index (χ4n) is 3.11. The number of benzene rings is 1. The van der Waals surface area contributed by atoms with Gasteiger partial charge in [0, 0.05) is 35.1 Å². The van der Waals surface area contributed by atoms with Gasteiger partial charge in [-0.25, -0.2) is 4.98 Å². The summed E-state index contributed by atoms with van der Waals surface area (Å²) in [4.78, 5) is 34.0. The molecule has 1 unspecified atom stereocenters. The van der Waals surface area contributed by atoms with Crippen LogP contribution < -0.4 is 10.9 Å². The second-order valence-corrected chi connectivity index (χ2v) is 7.45. The summed E-state index contributed by atoms with van der Waals surface area (Å²) in [6.45, 7) is 4.00.